The van der Waals surface area contributed by atoms with Gasteiger partial charge in [0.05, 0.1) is 6.61 Å². The summed E-state index contributed by atoms with van der Waals surface area (Å²) in [5, 5.41) is 3.54. The number of hydrogen-bond acceptors (Lipinski definition) is 4. The Hall–Kier alpha value is -1.70. The molecule has 0 amide bonds. The van der Waals surface area contributed by atoms with Crippen molar-refractivity contribution in [3.8, 4) is 18.1 Å². The molecule has 2 unspecified atom stereocenters. The van der Waals surface area contributed by atoms with Gasteiger partial charge in [-0.15, -0.1) is 6.42 Å². The van der Waals surface area contributed by atoms with Crippen molar-refractivity contribution < 1.29 is 9.47 Å². The molecule has 1 fully saturated rings. The topological polar surface area (TPSA) is 33.7 Å². The third-order valence-electron chi connectivity index (χ3n) is 5.31. The molecule has 0 radical (unpaired) electrons. The maximum Gasteiger partial charge on any atom is 0.125 e. The van der Waals surface area contributed by atoms with Crippen molar-refractivity contribution in [1.29, 1.82) is 0 Å². The van der Waals surface area contributed by atoms with Crippen LogP contribution in [-0.2, 0) is 11.3 Å². The lowest BCUT2D eigenvalue weighted by molar-refractivity contribution is 0.124. The fourth-order valence-corrected chi connectivity index (χ4v) is 4.46. The van der Waals surface area contributed by atoms with Crippen molar-refractivity contribution in [3.05, 3.63) is 23.3 Å². The highest BCUT2D eigenvalue weighted by Gasteiger charge is 2.44. The minimum Gasteiger partial charge on any atom is -0.491 e. The number of hydrogen-bond donors (Lipinski definition) is 1. The lowest BCUT2D eigenvalue weighted by Gasteiger charge is -2.26. The number of benzene rings is 1. The minimum absolute atomic E-state index is 0.352. The fraction of sp³-hybridized carbons (Fsp3) is 0.579. The van der Waals surface area contributed by atoms with Crippen LogP contribution in [0.5, 0.6) is 5.75 Å². The van der Waals surface area contributed by atoms with Crippen LogP contribution in [0, 0.1) is 12.3 Å². The second-order valence-electron chi connectivity index (χ2n) is 6.57. The van der Waals surface area contributed by atoms with E-state index < -0.39 is 0 Å². The van der Waals surface area contributed by atoms with Crippen molar-refractivity contribution in [1.82, 2.24) is 5.32 Å². The molecule has 1 aromatic carbocycles. The van der Waals surface area contributed by atoms with Gasteiger partial charge in [0.15, 0.2) is 0 Å². The van der Waals surface area contributed by atoms with E-state index in [9.17, 15) is 0 Å². The molecular weight excluding hydrogens is 288 g/mol. The zero-order valence-electron chi connectivity index (χ0n) is 13.5. The van der Waals surface area contributed by atoms with Crippen molar-refractivity contribution >= 4 is 5.69 Å². The van der Waals surface area contributed by atoms with Crippen molar-refractivity contribution in [2.45, 2.75) is 37.8 Å². The Balaban J connectivity index is 1.60. The summed E-state index contributed by atoms with van der Waals surface area (Å²) in [6, 6.07) is 5.05. The zero-order valence-corrected chi connectivity index (χ0v) is 13.5. The molecule has 1 saturated carbocycles. The SMILES string of the molecule is C#CCOCCOc1ccc2c3c1C1CCCC1N3CCNC2. The fourth-order valence-electron chi connectivity index (χ4n) is 4.46. The third kappa shape index (κ3) is 2.58. The number of terminal acetylenes is 1. The first-order chi connectivity index (χ1) is 11.4. The minimum atomic E-state index is 0.352. The summed E-state index contributed by atoms with van der Waals surface area (Å²) < 4.78 is 11.4. The second kappa shape index (κ2) is 6.43. The van der Waals surface area contributed by atoms with Gasteiger partial charge in [0, 0.05) is 42.8 Å². The lowest BCUT2D eigenvalue weighted by Crippen LogP contribution is -2.35. The van der Waals surface area contributed by atoms with Crippen LogP contribution in [0.25, 0.3) is 0 Å². The molecule has 3 aliphatic rings. The second-order valence-corrected chi connectivity index (χ2v) is 6.57. The molecule has 4 nitrogen and oxygen atoms in total. The number of rotatable bonds is 5. The van der Waals surface area contributed by atoms with Gasteiger partial charge < -0.3 is 19.7 Å². The molecule has 2 aliphatic heterocycles. The Morgan fingerprint density at radius 2 is 2.26 bits per heavy atom. The molecule has 1 aromatic rings. The standard InChI is InChI=1S/C19H24N2O2/c1-2-10-22-11-12-23-17-7-6-14-13-20-8-9-21-16-5-3-4-15(16)18(17)19(14)21/h1,6-7,15-16,20H,3-5,8-13H2. The normalized spacial score (nSPS) is 24.7. The average Bonchev–Trinajstić information content (AvgIpc) is 3.07. The summed E-state index contributed by atoms with van der Waals surface area (Å²) in [5.74, 6) is 4.18. The van der Waals surface area contributed by atoms with Gasteiger partial charge in [-0.1, -0.05) is 18.4 Å². The molecule has 4 heteroatoms. The molecule has 0 bridgehead atoms. The van der Waals surface area contributed by atoms with Gasteiger partial charge in [-0.05, 0) is 24.5 Å². The predicted octanol–water partition coefficient (Wildman–Crippen LogP) is 2.27. The Bertz CT molecular complexity index is 623. The van der Waals surface area contributed by atoms with Crippen molar-refractivity contribution in [3.63, 3.8) is 0 Å². The van der Waals surface area contributed by atoms with Crippen LogP contribution in [0.1, 0.15) is 36.3 Å². The Labute approximate surface area is 138 Å². The highest BCUT2D eigenvalue weighted by atomic mass is 16.5. The molecule has 4 rings (SSSR count). The summed E-state index contributed by atoms with van der Waals surface area (Å²) in [6.07, 6.45) is 9.12. The lowest BCUT2D eigenvalue weighted by atomic mass is 9.95. The van der Waals surface area contributed by atoms with Gasteiger partial charge in [0.2, 0.25) is 0 Å². The average molecular weight is 312 g/mol. The van der Waals surface area contributed by atoms with Gasteiger partial charge in [-0.25, -0.2) is 0 Å². The van der Waals surface area contributed by atoms with Crippen LogP contribution in [0.4, 0.5) is 5.69 Å². The van der Waals surface area contributed by atoms with Crippen LogP contribution in [0.3, 0.4) is 0 Å². The molecule has 0 saturated heterocycles. The summed E-state index contributed by atoms with van der Waals surface area (Å²) >= 11 is 0. The third-order valence-corrected chi connectivity index (χ3v) is 5.31. The monoisotopic (exact) mass is 312 g/mol. The highest BCUT2D eigenvalue weighted by Crippen LogP contribution is 2.54. The molecule has 0 aromatic heterocycles. The van der Waals surface area contributed by atoms with E-state index >= 15 is 0 Å². The molecular formula is C19H24N2O2. The van der Waals surface area contributed by atoms with Crippen LogP contribution >= 0.6 is 0 Å². The Morgan fingerprint density at radius 3 is 3.17 bits per heavy atom. The molecule has 0 spiro atoms. The summed E-state index contributed by atoms with van der Waals surface area (Å²) in [4.78, 5) is 2.64. The Morgan fingerprint density at radius 1 is 1.30 bits per heavy atom. The van der Waals surface area contributed by atoms with Crippen molar-refractivity contribution in [2.75, 3.05) is 37.8 Å². The number of nitrogens with zero attached hydrogens (tertiary/aromatic N) is 1. The number of nitrogens with one attached hydrogen (secondary N) is 1. The Kier molecular flexibility index (Phi) is 4.15. The van der Waals surface area contributed by atoms with Gasteiger partial charge in [-0.2, -0.15) is 0 Å². The van der Waals surface area contributed by atoms with E-state index in [1.165, 1.54) is 36.1 Å². The molecule has 122 valence electrons. The molecule has 1 aliphatic carbocycles. The van der Waals surface area contributed by atoms with E-state index in [4.69, 9.17) is 15.9 Å². The molecule has 1 N–H and O–H groups in total. The van der Waals surface area contributed by atoms with E-state index in [-0.39, 0.29) is 0 Å². The van der Waals surface area contributed by atoms with E-state index in [0.717, 1.165) is 25.4 Å². The van der Waals surface area contributed by atoms with Crippen LogP contribution in [-0.4, -0.2) is 39.0 Å². The van der Waals surface area contributed by atoms with Gasteiger partial charge in [-0.3, -0.25) is 0 Å². The van der Waals surface area contributed by atoms with Gasteiger partial charge in [0.25, 0.3) is 0 Å². The zero-order chi connectivity index (χ0) is 15.6. The first kappa shape index (κ1) is 14.9. The van der Waals surface area contributed by atoms with E-state index in [1.807, 2.05) is 0 Å². The maximum atomic E-state index is 6.08. The van der Waals surface area contributed by atoms with E-state index in [2.05, 4.69) is 28.3 Å². The number of fused-ring (bicyclic) bond motifs is 3. The van der Waals surface area contributed by atoms with Crippen LogP contribution in [0.15, 0.2) is 12.1 Å². The first-order valence-corrected chi connectivity index (χ1v) is 8.67. The predicted molar refractivity (Wildman–Crippen MR) is 91.0 cm³/mol. The summed E-state index contributed by atoms with van der Waals surface area (Å²) in [6.45, 7) is 4.58. The van der Waals surface area contributed by atoms with Gasteiger partial charge >= 0.3 is 0 Å². The highest BCUT2D eigenvalue weighted by molar-refractivity contribution is 5.71. The summed E-state index contributed by atoms with van der Waals surface area (Å²) in [5.41, 5.74) is 4.32. The summed E-state index contributed by atoms with van der Waals surface area (Å²) in [7, 11) is 0. The smallest absolute Gasteiger partial charge is 0.125 e. The largest absolute Gasteiger partial charge is 0.491 e. The molecule has 2 heterocycles. The van der Waals surface area contributed by atoms with E-state index in [1.54, 1.807) is 0 Å². The number of ether oxygens (including phenoxy) is 2. The first-order valence-electron chi connectivity index (χ1n) is 8.67. The van der Waals surface area contributed by atoms with Gasteiger partial charge in [0.1, 0.15) is 19.0 Å². The van der Waals surface area contributed by atoms with E-state index in [0.29, 0.717) is 31.8 Å². The molecule has 23 heavy (non-hydrogen) atoms. The maximum absolute atomic E-state index is 6.08. The molecule has 2 atom stereocenters. The quantitative estimate of drug-likeness (QED) is 0.668. The van der Waals surface area contributed by atoms with Crippen LogP contribution in [0.2, 0.25) is 0 Å². The van der Waals surface area contributed by atoms with Crippen LogP contribution < -0.4 is 15.0 Å². The number of anilines is 1. The van der Waals surface area contributed by atoms with Crippen molar-refractivity contribution in [2.24, 2.45) is 0 Å².